The smallest absolute Gasteiger partial charge is 0.343 e. The minimum absolute atomic E-state index is 0.171. The first-order chi connectivity index (χ1) is 14.6. The lowest BCUT2D eigenvalue weighted by Gasteiger charge is -2.08. The van der Waals surface area contributed by atoms with Gasteiger partial charge >= 0.3 is 11.9 Å². The van der Waals surface area contributed by atoms with Crippen LogP contribution in [0.4, 0.5) is 5.69 Å². The molecule has 3 aromatic rings. The molecule has 0 fully saturated rings. The van der Waals surface area contributed by atoms with Crippen molar-refractivity contribution < 1.29 is 23.8 Å². The maximum absolute atomic E-state index is 12.3. The SMILES string of the molecule is C=Nc1ccc(-c2ccc(OC(=O)c3ccc(OCOC(=O)CC)cc3)cc2)cc1. The van der Waals surface area contributed by atoms with Gasteiger partial charge in [-0.15, -0.1) is 0 Å². The van der Waals surface area contributed by atoms with E-state index < -0.39 is 5.97 Å². The Balaban J connectivity index is 1.57. The molecule has 3 aromatic carbocycles. The molecule has 30 heavy (non-hydrogen) atoms. The molecule has 152 valence electrons. The number of carbonyl (C=O) groups is 2. The highest BCUT2D eigenvalue weighted by atomic mass is 16.7. The number of benzene rings is 3. The molecule has 0 bridgehead atoms. The van der Waals surface area contributed by atoms with Crippen molar-refractivity contribution in [3.63, 3.8) is 0 Å². The molecular formula is C24H21NO5. The zero-order valence-electron chi connectivity index (χ0n) is 16.5. The van der Waals surface area contributed by atoms with Crippen LogP contribution in [0.3, 0.4) is 0 Å². The summed E-state index contributed by atoms with van der Waals surface area (Å²) < 4.78 is 15.6. The second kappa shape index (κ2) is 10.0. The second-order valence-electron chi connectivity index (χ2n) is 6.28. The van der Waals surface area contributed by atoms with E-state index in [4.69, 9.17) is 14.2 Å². The summed E-state index contributed by atoms with van der Waals surface area (Å²) in [6, 6.07) is 21.3. The maximum atomic E-state index is 12.3. The van der Waals surface area contributed by atoms with Gasteiger partial charge in [-0.25, -0.2) is 4.79 Å². The van der Waals surface area contributed by atoms with Crippen molar-refractivity contribution in [1.82, 2.24) is 0 Å². The van der Waals surface area contributed by atoms with E-state index in [0.717, 1.165) is 16.8 Å². The molecule has 0 aliphatic carbocycles. The van der Waals surface area contributed by atoms with E-state index in [9.17, 15) is 9.59 Å². The first-order valence-electron chi connectivity index (χ1n) is 9.37. The van der Waals surface area contributed by atoms with E-state index in [0.29, 0.717) is 17.1 Å². The van der Waals surface area contributed by atoms with Crippen LogP contribution in [-0.4, -0.2) is 25.4 Å². The molecule has 0 radical (unpaired) electrons. The zero-order chi connectivity index (χ0) is 21.3. The van der Waals surface area contributed by atoms with Gasteiger partial charge in [0, 0.05) is 6.42 Å². The van der Waals surface area contributed by atoms with E-state index in [1.165, 1.54) is 0 Å². The minimum atomic E-state index is -0.479. The summed E-state index contributed by atoms with van der Waals surface area (Å²) in [5.74, 6) is 0.109. The molecule has 0 spiro atoms. The highest BCUT2D eigenvalue weighted by Crippen LogP contribution is 2.25. The van der Waals surface area contributed by atoms with Crippen LogP contribution in [0, 0.1) is 0 Å². The molecule has 0 atom stereocenters. The lowest BCUT2D eigenvalue weighted by molar-refractivity contribution is -0.149. The maximum Gasteiger partial charge on any atom is 0.343 e. The van der Waals surface area contributed by atoms with Crippen molar-refractivity contribution in [2.45, 2.75) is 13.3 Å². The Morgan fingerprint density at radius 2 is 1.40 bits per heavy atom. The predicted molar refractivity (Wildman–Crippen MR) is 114 cm³/mol. The third-order valence-electron chi connectivity index (χ3n) is 4.27. The first-order valence-corrected chi connectivity index (χ1v) is 9.37. The van der Waals surface area contributed by atoms with Crippen LogP contribution in [0.5, 0.6) is 11.5 Å². The van der Waals surface area contributed by atoms with Crippen molar-refractivity contribution in [3.05, 3.63) is 78.4 Å². The van der Waals surface area contributed by atoms with Crippen molar-refractivity contribution >= 4 is 24.3 Å². The van der Waals surface area contributed by atoms with Crippen molar-refractivity contribution in [2.24, 2.45) is 4.99 Å². The van der Waals surface area contributed by atoms with E-state index >= 15 is 0 Å². The molecule has 0 saturated carbocycles. The Hall–Kier alpha value is -3.93. The van der Waals surface area contributed by atoms with Gasteiger partial charge in [-0.05, 0) is 66.4 Å². The molecule has 6 heteroatoms. The molecule has 0 amide bonds. The van der Waals surface area contributed by atoms with Crippen molar-refractivity contribution in [1.29, 1.82) is 0 Å². The Morgan fingerprint density at radius 3 is 1.97 bits per heavy atom. The molecule has 0 aliphatic rings. The van der Waals surface area contributed by atoms with Gasteiger partial charge < -0.3 is 14.2 Å². The van der Waals surface area contributed by atoms with Crippen LogP contribution in [0.15, 0.2) is 77.8 Å². The summed E-state index contributed by atoms with van der Waals surface area (Å²) in [5.41, 5.74) is 3.21. The standard InChI is InChI=1S/C24H21NO5/c1-3-23(26)29-16-28-21-12-8-19(9-13-21)24(27)30-22-14-6-18(7-15-22)17-4-10-20(25-2)11-5-17/h4-15H,2-3,16H2,1H3. The van der Waals surface area contributed by atoms with Gasteiger partial charge in [0.05, 0.1) is 11.3 Å². The molecule has 0 saturated heterocycles. The normalized spacial score (nSPS) is 10.2. The van der Waals surface area contributed by atoms with Gasteiger partial charge in [0.1, 0.15) is 11.5 Å². The molecule has 0 unspecified atom stereocenters. The van der Waals surface area contributed by atoms with E-state index in [1.807, 2.05) is 36.4 Å². The third-order valence-corrected chi connectivity index (χ3v) is 4.27. The number of hydrogen-bond acceptors (Lipinski definition) is 6. The largest absolute Gasteiger partial charge is 0.457 e. The van der Waals surface area contributed by atoms with Crippen LogP contribution in [0.25, 0.3) is 11.1 Å². The molecular weight excluding hydrogens is 382 g/mol. The van der Waals surface area contributed by atoms with Crippen LogP contribution < -0.4 is 9.47 Å². The fraction of sp³-hybridized carbons (Fsp3) is 0.125. The summed E-state index contributed by atoms with van der Waals surface area (Å²) in [5, 5.41) is 0. The number of carbonyl (C=O) groups excluding carboxylic acids is 2. The lowest BCUT2D eigenvalue weighted by Crippen LogP contribution is -2.10. The summed E-state index contributed by atoms with van der Waals surface area (Å²) in [7, 11) is 0. The number of nitrogens with zero attached hydrogens (tertiary/aromatic N) is 1. The summed E-state index contributed by atoms with van der Waals surface area (Å²) in [6.07, 6.45) is 0.286. The van der Waals surface area contributed by atoms with E-state index in [1.54, 1.807) is 43.3 Å². The third kappa shape index (κ3) is 5.54. The second-order valence-corrected chi connectivity index (χ2v) is 6.28. The summed E-state index contributed by atoms with van der Waals surface area (Å²) in [4.78, 5) is 27.3. The van der Waals surface area contributed by atoms with Crippen LogP contribution in [0.1, 0.15) is 23.7 Å². The summed E-state index contributed by atoms with van der Waals surface area (Å²) >= 11 is 0. The van der Waals surface area contributed by atoms with Gasteiger partial charge in [-0.3, -0.25) is 9.79 Å². The average molecular weight is 403 g/mol. The number of aliphatic imine (C=N–C) groups is 1. The highest BCUT2D eigenvalue weighted by Gasteiger charge is 2.09. The monoisotopic (exact) mass is 403 g/mol. The Labute approximate surface area is 174 Å². The highest BCUT2D eigenvalue weighted by molar-refractivity contribution is 5.91. The van der Waals surface area contributed by atoms with Gasteiger partial charge in [0.25, 0.3) is 0 Å². The van der Waals surface area contributed by atoms with Gasteiger partial charge in [0.15, 0.2) is 0 Å². The molecule has 6 nitrogen and oxygen atoms in total. The number of esters is 2. The zero-order valence-corrected chi connectivity index (χ0v) is 16.5. The van der Waals surface area contributed by atoms with Gasteiger partial charge in [0.2, 0.25) is 6.79 Å². The Morgan fingerprint density at radius 1 is 0.833 bits per heavy atom. The number of hydrogen-bond donors (Lipinski definition) is 0. The number of rotatable bonds is 8. The van der Waals surface area contributed by atoms with Crippen LogP contribution in [-0.2, 0) is 9.53 Å². The fourth-order valence-corrected chi connectivity index (χ4v) is 2.59. The van der Waals surface area contributed by atoms with Gasteiger partial charge in [-0.2, -0.15) is 0 Å². The molecule has 0 heterocycles. The minimum Gasteiger partial charge on any atom is -0.457 e. The molecule has 0 N–H and O–H groups in total. The van der Waals surface area contributed by atoms with Crippen molar-refractivity contribution in [2.75, 3.05) is 6.79 Å². The van der Waals surface area contributed by atoms with E-state index in [2.05, 4.69) is 11.7 Å². The lowest BCUT2D eigenvalue weighted by atomic mass is 10.1. The first kappa shape index (κ1) is 20.8. The predicted octanol–water partition coefficient (Wildman–Crippen LogP) is 5.19. The summed E-state index contributed by atoms with van der Waals surface area (Å²) in [6.45, 7) is 5.03. The Kier molecular flexibility index (Phi) is 6.95. The van der Waals surface area contributed by atoms with E-state index in [-0.39, 0.29) is 19.2 Å². The topological polar surface area (TPSA) is 74.2 Å². The molecule has 3 rings (SSSR count). The number of ether oxygens (including phenoxy) is 3. The molecule has 0 aliphatic heterocycles. The Bertz CT molecular complexity index is 1010. The van der Waals surface area contributed by atoms with Crippen molar-refractivity contribution in [3.8, 4) is 22.6 Å². The molecule has 0 aromatic heterocycles. The average Bonchev–Trinajstić information content (AvgIpc) is 2.80. The van der Waals surface area contributed by atoms with Crippen LogP contribution in [0.2, 0.25) is 0 Å². The fourth-order valence-electron chi connectivity index (χ4n) is 2.59. The quantitative estimate of drug-likeness (QED) is 0.224. The van der Waals surface area contributed by atoms with Crippen LogP contribution >= 0.6 is 0 Å². The van der Waals surface area contributed by atoms with Gasteiger partial charge in [-0.1, -0.05) is 31.2 Å².